The zero-order chi connectivity index (χ0) is 17.9. The summed E-state index contributed by atoms with van der Waals surface area (Å²) in [5, 5.41) is 9.62. The van der Waals surface area contributed by atoms with Gasteiger partial charge in [-0.3, -0.25) is 0 Å². The highest BCUT2D eigenvalue weighted by Gasteiger charge is 2.13. The van der Waals surface area contributed by atoms with Gasteiger partial charge in [0.1, 0.15) is 11.6 Å². The molecule has 0 radical (unpaired) electrons. The molecule has 0 unspecified atom stereocenters. The van der Waals surface area contributed by atoms with Gasteiger partial charge in [0.05, 0.1) is 28.1 Å². The fraction of sp³-hybridized carbons (Fsp3) is 0. The summed E-state index contributed by atoms with van der Waals surface area (Å²) >= 11 is 0. The van der Waals surface area contributed by atoms with Gasteiger partial charge in [-0.25, -0.2) is 9.37 Å². The standard InChI is InChI=1S/C21H12FN3O/c22-18-7-3-1-5-16(18)20-24-19-8-4-2-6-17(19)21(25-20)26-15-11-9-14(13-23)10-12-15/h1-12H. The Balaban J connectivity index is 1.84. The first-order valence-electron chi connectivity index (χ1n) is 7.94. The van der Waals surface area contributed by atoms with Crippen LogP contribution in [0.5, 0.6) is 11.6 Å². The first kappa shape index (κ1) is 15.7. The summed E-state index contributed by atoms with van der Waals surface area (Å²) in [6.07, 6.45) is 0. The molecule has 124 valence electrons. The number of hydrogen-bond donors (Lipinski definition) is 0. The number of aromatic nitrogens is 2. The number of nitrogens with zero attached hydrogens (tertiary/aromatic N) is 3. The molecule has 26 heavy (non-hydrogen) atoms. The maximum atomic E-state index is 14.2. The summed E-state index contributed by atoms with van der Waals surface area (Å²) in [5.74, 6) is 0.725. The van der Waals surface area contributed by atoms with Crippen molar-refractivity contribution >= 4 is 10.9 Å². The molecule has 0 N–H and O–H groups in total. The van der Waals surface area contributed by atoms with E-state index >= 15 is 0 Å². The Morgan fingerprint density at radius 2 is 1.58 bits per heavy atom. The van der Waals surface area contributed by atoms with Crippen LogP contribution in [0.25, 0.3) is 22.3 Å². The van der Waals surface area contributed by atoms with E-state index in [4.69, 9.17) is 10.00 Å². The number of benzene rings is 3. The minimum atomic E-state index is -0.396. The molecule has 0 aliphatic carbocycles. The lowest BCUT2D eigenvalue weighted by Gasteiger charge is -2.10. The molecule has 1 aromatic heterocycles. The largest absolute Gasteiger partial charge is 0.438 e. The molecule has 0 spiro atoms. The van der Waals surface area contributed by atoms with Crippen LogP contribution in [0.1, 0.15) is 5.56 Å². The van der Waals surface area contributed by atoms with Crippen molar-refractivity contribution in [3.05, 3.63) is 84.2 Å². The normalized spacial score (nSPS) is 10.5. The lowest BCUT2D eigenvalue weighted by molar-refractivity contribution is 0.469. The van der Waals surface area contributed by atoms with Gasteiger partial charge in [0.15, 0.2) is 5.82 Å². The maximum absolute atomic E-state index is 14.2. The Labute approximate surface area is 149 Å². The van der Waals surface area contributed by atoms with Crippen LogP contribution in [0.2, 0.25) is 0 Å². The van der Waals surface area contributed by atoms with Crippen molar-refractivity contribution in [2.24, 2.45) is 0 Å². The summed E-state index contributed by atoms with van der Waals surface area (Å²) < 4.78 is 20.1. The van der Waals surface area contributed by atoms with Crippen molar-refractivity contribution in [3.8, 4) is 29.1 Å². The highest BCUT2D eigenvalue weighted by atomic mass is 19.1. The van der Waals surface area contributed by atoms with Gasteiger partial charge in [-0.2, -0.15) is 10.2 Å². The molecule has 0 aliphatic rings. The monoisotopic (exact) mass is 341 g/mol. The number of rotatable bonds is 3. The average Bonchev–Trinajstić information content (AvgIpc) is 2.69. The lowest BCUT2D eigenvalue weighted by atomic mass is 10.1. The van der Waals surface area contributed by atoms with Crippen LogP contribution < -0.4 is 4.74 Å². The van der Waals surface area contributed by atoms with Crippen LogP contribution in [0.4, 0.5) is 4.39 Å². The van der Waals surface area contributed by atoms with Gasteiger partial charge in [-0.1, -0.05) is 24.3 Å². The van der Waals surface area contributed by atoms with Crippen molar-refractivity contribution < 1.29 is 9.13 Å². The Morgan fingerprint density at radius 1 is 0.846 bits per heavy atom. The second kappa shape index (κ2) is 6.61. The smallest absolute Gasteiger partial charge is 0.230 e. The van der Waals surface area contributed by atoms with E-state index in [0.29, 0.717) is 28.3 Å². The molecule has 0 amide bonds. The average molecular weight is 341 g/mol. The van der Waals surface area contributed by atoms with Crippen LogP contribution >= 0.6 is 0 Å². The molecule has 0 saturated carbocycles. The molecule has 4 nitrogen and oxygen atoms in total. The van der Waals surface area contributed by atoms with E-state index < -0.39 is 5.82 Å². The van der Waals surface area contributed by atoms with Crippen LogP contribution in [-0.2, 0) is 0 Å². The van der Waals surface area contributed by atoms with E-state index in [1.165, 1.54) is 6.07 Å². The van der Waals surface area contributed by atoms with E-state index in [1.54, 1.807) is 42.5 Å². The van der Waals surface area contributed by atoms with Crippen LogP contribution in [0, 0.1) is 17.1 Å². The third-order valence-corrected chi connectivity index (χ3v) is 3.88. The summed E-state index contributed by atoms with van der Waals surface area (Å²) in [4.78, 5) is 8.89. The van der Waals surface area contributed by atoms with Gasteiger partial charge >= 0.3 is 0 Å². The minimum Gasteiger partial charge on any atom is -0.438 e. The molecular weight excluding hydrogens is 329 g/mol. The predicted molar refractivity (Wildman–Crippen MR) is 96.2 cm³/mol. The van der Waals surface area contributed by atoms with Gasteiger partial charge in [0.25, 0.3) is 0 Å². The number of fused-ring (bicyclic) bond motifs is 1. The van der Waals surface area contributed by atoms with Crippen molar-refractivity contribution in [1.82, 2.24) is 9.97 Å². The Morgan fingerprint density at radius 3 is 2.35 bits per heavy atom. The van der Waals surface area contributed by atoms with Crippen molar-refractivity contribution in [1.29, 1.82) is 5.26 Å². The summed E-state index contributed by atoms with van der Waals surface area (Å²) in [5.41, 5.74) is 1.50. The molecule has 3 aromatic carbocycles. The van der Waals surface area contributed by atoms with Crippen LogP contribution in [-0.4, -0.2) is 9.97 Å². The molecule has 0 saturated heterocycles. The molecule has 0 bridgehead atoms. The number of halogens is 1. The fourth-order valence-electron chi connectivity index (χ4n) is 2.60. The van der Waals surface area contributed by atoms with E-state index in [1.807, 2.05) is 24.3 Å². The van der Waals surface area contributed by atoms with Crippen LogP contribution in [0.3, 0.4) is 0 Å². The van der Waals surface area contributed by atoms with Crippen molar-refractivity contribution in [2.75, 3.05) is 0 Å². The summed E-state index contributed by atoms with van der Waals surface area (Å²) in [7, 11) is 0. The van der Waals surface area contributed by atoms with E-state index in [2.05, 4.69) is 16.0 Å². The number of hydrogen-bond acceptors (Lipinski definition) is 4. The Bertz CT molecular complexity index is 1130. The third kappa shape index (κ3) is 2.96. The Kier molecular flexibility index (Phi) is 4.00. The Hall–Kier alpha value is -3.78. The molecule has 0 fully saturated rings. The molecule has 1 heterocycles. The zero-order valence-electron chi connectivity index (χ0n) is 13.6. The van der Waals surface area contributed by atoms with E-state index in [0.717, 1.165) is 5.39 Å². The lowest BCUT2D eigenvalue weighted by Crippen LogP contribution is -1.97. The van der Waals surface area contributed by atoms with Crippen molar-refractivity contribution in [2.45, 2.75) is 0 Å². The topological polar surface area (TPSA) is 58.8 Å². The van der Waals surface area contributed by atoms with Gasteiger partial charge in [-0.05, 0) is 48.5 Å². The second-order valence-electron chi connectivity index (χ2n) is 5.59. The molecule has 0 atom stereocenters. The fourth-order valence-corrected chi connectivity index (χ4v) is 2.60. The molecule has 4 aromatic rings. The number of para-hydroxylation sites is 1. The first-order valence-corrected chi connectivity index (χ1v) is 7.94. The summed E-state index contributed by atoms with van der Waals surface area (Å²) in [6.45, 7) is 0. The second-order valence-corrected chi connectivity index (χ2v) is 5.59. The SMILES string of the molecule is N#Cc1ccc(Oc2nc(-c3ccccc3F)nc3ccccc23)cc1. The van der Waals surface area contributed by atoms with E-state index in [-0.39, 0.29) is 5.82 Å². The van der Waals surface area contributed by atoms with Crippen molar-refractivity contribution in [3.63, 3.8) is 0 Å². The highest BCUT2D eigenvalue weighted by molar-refractivity contribution is 5.85. The highest BCUT2D eigenvalue weighted by Crippen LogP contribution is 2.30. The van der Waals surface area contributed by atoms with Gasteiger partial charge in [0.2, 0.25) is 5.88 Å². The third-order valence-electron chi connectivity index (χ3n) is 3.88. The zero-order valence-corrected chi connectivity index (χ0v) is 13.6. The quantitative estimate of drug-likeness (QED) is 0.520. The van der Waals surface area contributed by atoms with Gasteiger partial charge < -0.3 is 4.74 Å². The molecular formula is C21H12FN3O. The number of ether oxygens (including phenoxy) is 1. The minimum absolute atomic E-state index is 0.255. The first-order chi connectivity index (χ1) is 12.7. The van der Waals surface area contributed by atoms with E-state index in [9.17, 15) is 4.39 Å². The predicted octanol–water partition coefficient (Wildman–Crippen LogP) is 5.10. The summed E-state index contributed by atoms with van der Waals surface area (Å²) in [6, 6.07) is 22.5. The maximum Gasteiger partial charge on any atom is 0.230 e. The molecule has 0 aliphatic heterocycles. The number of nitriles is 1. The van der Waals surface area contributed by atoms with Gasteiger partial charge in [0, 0.05) is 0 Å². The van der Waals surface area contributed by atoms with Crippen LogP contribution in [0.15, 0.2) is 72.8 Å². The molecule has 4 rings (SSSR count). The van der Waals surface area contributed by atoms with Gasteiger partial charge in [-0.15, -0.1) is 0 Å². The molecule has 5 heteroatoms.